The maximum absolute atomic E-state index is 11.2. The second-order valence-electron chi connectivity index (χ2n) is 4.22. The summed E-state index contributed by atoms with van der Waals surface area (Å²) in [7, 11) is 1.54. The lowest BCUT2D eigenvalue weighted by Gasteiger charge is -2.26. The first-order valence-corrected chi connectivity index (χ1v) is 5.58. The zero-order valence-corrected chi connectivity index (χ0v) is 9.16. The summed E-state index contributed by atoms with van der Waals surface area (Å²) in [5.41, 5.74) is 0. The zero-order chi connectivity index (χ0) is 11.3. The van der Waals surface area contributed by atoms with Crippen molar-refractivity contribution < 1.29 is 14.7 Å². The highest BCUT2D eigenvalue weighted by Gasteiger charge is 2.30. The number of carbonyl (C=O) groups excluding carboxylic acids is 1. The maximum atomic E-state index is 11.2. The Labute approximate surface area is 90.0 Å². The maximum Gasteiger partial charge on any atom is 0.307 e. The van der Waals surface area contributed by atoms with Gasteiger partial charge in [0.25, 0.3) is 0 Å². The molecule has 4 heteroatoms. The van der Waals surface area contributed by atoms with Gasteiger partial charge in [0.2, 0.25) is 5.91 Å². The average Bonchev–Trinajstić information content (AvgIpc) is 2.26. The van der Waals surface area contributed by atoms with Gasteiger partial charge in [-0.1, -0.05) is 19.3 Å². The van der Waals surface area contributed by atoms with Crippen molar-refractivity contribution in [1.29, 1.82) is 0 Å². The molecule has 0 heterocycles. The summed E-state index contributed by atoms with van der Waals surface area (Å²) in [5.74, 6) is -1.31. The van der Waals surface area contributed by atoms with E-state index in [1.54, 1.807) is 7.05 Å². The van der Waals surface area contributed by atoms with E-state index in [1.807, 2.05) is 0 Å². The monoisotopic (exact) mass is 213 g/mol. The van der Waals surface area contributed by atoms with Gasteiger partial charge in [-0.05, 0) is 18.8 Å². The molecule has 1 unspecified atom stereocenters. The van der Waals surface area contributed by atoms with Crippen molar-refractivity contribution in [2.45, 2.75) is 38.5 Å². The van der Waals surface area contributed by atoms with Crippen LogP contribution in [0.5, 0.6) is 0 Å². The van der Waals surface area contributed by atoms with Crippen molar-refractivity contribution in [2.75, 3.05) is 7.05 Å². The van der Waals surface area contributed by atoms with Crippen LogP contribution in [0.1, 0.15) is 38.5 Å². The molecule has 0 spiro atoms. The molecule has 2 N–H and O–H groups in total. The molecular weight excluding hydrogens is 194 g/mol. The van der Waals surface area contributed by atoms with Crippen LogP contribution in [-0.2, 0) is 9.59 Å². The van der Waals surface area contributed by atoms with Crippen LogP contribution in [0.2, 0.25) is 0 Å². The van der Waals surface area contributed by atoms with Gasteiger partial charge >= 0.3 is 5.97 Å². The predicted octanol–water partition coefficient (Wildman–Crippen LogP) is 1.40. The molecule has 15 heavy (non-hydrogen) atoms. The van der Waals surface area contributed by atoms with Crippen molar-refractivity contribution in [3.05, 3.63) is 0 Å². The fourth-order valence-corrected chi connectivity index (χ4v) is 2.29. The summed E-state index contributed by atoms with van der Waals surface area (Å²) in [4.78, 5) is 22.3. The van der Waals surface area contributed by atoms with Crippen molar-refractivity contribution in [3.63, 3.8) is 0 Å². The molecule has 0 aliphatic heterocycles. The molecular formula is C11H19NO3. The van der Waals surface area contributed by atoms with Crippen molar-refractivity contribution in [2.24, 2.45) is 11.8 Å². The molecule has 0 radical (unpaired) electrons. The molecule has 1 aliphatic carbocycles. The molecule has 0 bridgehead atoms. The fraction of sp³-hybridized carbons (Fsp3) is 0.818. The van der Waals surface area contributed by atoms with E-state index >= 15 is 0 Å². The number of carbonyl (C=O) groups is 2. The van der Waals surface area contributed by atoms with Crippen molar-refractivity contribution >= 4 is 11.9 Å². The number of carboxylic acids is 1. The Balaban J connectivity index is 2.55. The molecule has 86 valence electrons. The summed E-state index contributed by atoms with van der Waals surface area (Å²) in [6.07, 6.45) is 5.42. The van der Waals surface area contributed by atoms with Crippen LogP contribution in [0.3, 0.4) is 0 Å². The quantitative estimate of drug-likeness (QED) is 0.742. The Morgan fingerprint density at radius 3 is 2.40 bits per heavy atom. The highest BCUT2D eigenvalue weighted by atomic mass is 16.4. The molecule has 1 amide bonds. The first-order chi connectivity index (χ1) is 7.15. The normalized spacial score (nSPS) is 19.5. The first-order valence-electron chi connectivity index (χ1n) is 5.58. The van der Waals surface area contributed by atoms with Gasteiger partial charge in [0, 0.05) is 13.5 Å². The van der Waals surface area contributed by atoms with Crippen LogP contribution >= 0.6 is 0 Å². The SMILES string of the molecule is CNC(=O)CC(C(=O)O)C1CCCCC1. The standard InChI is InChI=1S/C11H19NO3/c1-12-10(13)7-9(11(14)15)8-5-3-2-4-6-8/h8-9H,2-7H2,1H3,(H,12,13)(H,14,15). The summed E-state index contributed by atoms with van der Waals surface area (Å²) in [6, 6.07) is 0. The largest absolute Gasteiger partial charge is 0.481 e. The Morgan fingerprint density at radius 1 is 1.33 bits per heavy atom. The Morgan fingerprint density at radius 2 is 1.93 bits per heavy atom. The molecule has 1 atom stereocenters. The van der Waals surface area contributed by atoms with Crippen LogP contribution < -0.4 is 5.32 Å². The molecule has 1 saturated carbocycles. The lowest BCUT2D eigenvalue weighted by atomic mass is 9.78. The van der Waals surface area contributed by atoms with E-state index in [0.29, 0.717) is 0 Å². The van der Waals surface area contributed by atoms with Crippen molar-refractivity contribution in [3.8, 4) is 0 Å². The topological polar surface area (TPSA) is 66.4 Å². The van der Waals surface area contributed by atoms with E-state index in [0.717, 1.165) is 25.7 Å². The first kappa shape index (κ1) is 12.0. The Bertz CT molecular complexity index is 234. The van der Waals surface area contributed by atoms with Gasteiger partial charge in [0.1, 0.15) is 0 Å². The van der Waals surface area contributed by atoms with E-state index in [-0.39, 0.29) is 18.2 Å². The molecule has 1 fully saturated rings. The smallest absolute Gasteiger partial charge is 0.307 e. The van der Waals surface area contributed by atoms with E-state index in [1.165, 1.54) is 6.42 Å². The third-order valence-corrected chi connectivity index (χ3v) is 3.22. The molecule has 1 aliphatic rings. The third-order valence-electron chi connectivity index (χ3n) is 3.22. The van der Waals surface area contributed by atoms with E-state index < -0.39 is 11.9 Å². The molecule has 0 aromatic rings. The minimum atomic E-state index is -0.828. The predicted molar refractivity (Wildman–Crippen MR) is 56.4 cm³/mol. The highest BCUT2D eigenvalue weighted by Crippen LogP contribution is 2.31. The number of aliphatic carboxylic acids is 1. The number of rotatable bonds is 4. The number of amides is 1. The van der Waals surface area contributed by atoms with Gasteiger partial charge in [-0.2, -0.15) is 0 Å². The minimum Gasteiger partial charge on any atom is -0.481 e. The van der Waals surface area contributed by atoms with Crippen molar-refractivity contribution in [1.82, 2.24) is 5.32 Å². The van der Waals surface area contributed by atoms with Gasteiger partial charge in [-0.25, -0.2) is 0 Å². The molecule has 0 saturated heterocycles. The number of hydrogen-bond acceptors (Lipinski definition) is 2. The second kappa shape index (κ2) is 5.73. The summed E-state index contributed by atoms with van der Waals surface area (Å²) in [5, 5.41) is 11.6. The van der Waals surface area contributed by atoms with Gasteiger partial charge in [0.05, 0.1) is 5.92 Å². The fourth-order valence-electron chi connectivity index (χ4n) is 2.29. The minimum absolute atomic E-state index is 0.122. The molecule has 0 aromatic heterocycles. The number of hydrogen-bond donors (Lipinski definition) is 2. The lowest BCUT2D eigenvalue weighted by Crippen LogP contribution is -2.31. The van der Waals surface area contributed by atoms with Crippen LogP contribution in [0.4, 0.5) is 0 Å². The van der Waals surface area contributed by atoms with Crippen LogP contribution in [0.25, 0.3) is 0 Å². The van der Waals surface area contributed by atoms with Gasteiger partial charge in [-0.3, -0.25) is 9.59 Å². The van der Waals surface area contributed by atoms with E-state index in [4.69, 9.17) is 5.11 Å². The summed E-state index contributed by atoms with van der Waals surface area (Å²) >= 11 is 0. The van der Waals surface area contributed by atoms with E-state index in [9.17, 15) is 9.59 Å². The zero-order valence-electron chi connectivity index (χ0n) is 9.16. The number of nitrogens with one attached hydrogen (secondary N) is 1. The number of carboxylic acid groups (broad SMARTS) is 1. The average molecular weight is 213 g/mol. The van der Waals surface area contributed by atoms with Crippen LogP contribution in [0.15, 0.2) is 0 Å². The van der Waals surface area contributed by atoms with E-state index in [2.05, 4.69) is 5.32 Å². The Hall–Kier alpha value is -1.06. The third kappa shape index (κ3) is 3.53. The molecule has 4 nitrogen and oxygen atoms in total. The molecule has 0 aromatic carbocycles. The van der Waals surface area contributed by atoms with Crippen LogP contribution in [0, 0.1) is 11.8 Å². The highest BCUT2D eigenvalue weighted by molar-refractivity contribution is 5.82. The lowest BCUT2D eigenvalue weighted by molar-refractivity contribution is -0.146. The van der Waals surface area contributed by atoms with Gasteiger partial charge in [0.15, 0.2) is 0 Å². The summed E-state index contributed by atoms with van der Waals surface area (Å²) in [6.45, 7) is 0. The second-order valence-corrected chi connectivity index (χ2v) is 4.22. The van der Waals surface area contributed by atoms with Gasteiger partial charge in [-0.15, -0.1) is 0 Å². The van der Waals surface area contributed by atoms with Gasteiger partial charge < -0.3 is 10.4 Å². The van der Waals surface area contributed by atoms with Crippen LogP contribution in [-0.4, -0.2) is 24.0 Å². The molecule has 1 rings (SSSR count). The summed E-state index contributed by atoms with van der Waals surface area (Å²) < 4.78 is 0. The Kier molecular flexibility index (Phi) is 4.59.